The monoisotopic (exact) mass is 427 g/mol. The quantitative estimate of drug-likeness (QED) is 0.595. The number of benzene rings is 2. The molecule has 9 heteroatoms. The van der Waals surface area contributed by atoms with Gasteiger partial charge in [-0.2, -0.15) is 5.10 Å². The number of aromatic nitrogens is 3. The third-order valence-electron chi connectivity index (χ3n) is 4.36. The molecule has 0 aliphatic carbocycles. The van der Waals surface area contributed by atoms with Crippen molar-refractivity contribution in [2.24, 2.45) is 0 Å². The molecule has 0 fully saturated rings. The number of carbonyl (C=O) groups excluding carboxylic acids is 2. The second-order valence-corrected chi connectivity index (χ2v) is 7.57. The van der Waals surface area contributed by atoms with Gasteiger partial charge in [-0.05, 0) is 69.3 Å². The molecule has 0 aliphatic heterocycles. The Morgan fingerprint density at radius 1 is 1.03 bits per heavy atom. The lowest BCUT2D eigenvalue weighted by molar-refractivity contribution is -0.128. The Morgan fingerprint density at radius 2 is 1.63 bits per heavy atom. The molecule has 0 spiro atoms. The Hall–Kier alpha value is -3.39. The van der Waals surface area contributed by atoms with Crippen LogP contribution in [0.1, 0.15) is 26.8 Å². The molecule has 2 aromatic carbocycles. The summed E-state index contributed by atoms with van der Waals surface area (Å²) >= 11 is 5.87. The number of hydrogen-bond donors (Lipinski definition) is 2. The number of hydrogen-bond acceptors (Lipinski definition) is 5. The summed E-state index contributed by atoms with van der Waals surface area (Å²) in [7, 11) is 0. The zero-order valence-electron chi connectivity index (χ0n) is 16.8. The van der Waals surface area contributed by atoms with E-state index in [1.165, 1.54) is 17.3 Å². The van der Waals surface area contributed by atoms with Gasteiger partial charge in [-0.15, -0.1) is 0 Å². The molecule has 2 amide bonds. The van der Waals surface area contributed by atoms with Crippen molar-refractivity contribution in [3.63, 3.8) is 0 Å². The van der Waals surface area contributed by atoms with E-state index in [0.717, 1.165) is 0 Å². The van der Waals surface area contributed by atoms with Crippen molar-refractivity contribution in [2.45, 2.75) is 32.4 Å². The van der Waals surface area contributed by atoms with E-state index in [9.17, 15) is 9.59 Å². The fourth-order valence-electron chi connectivity index (χ4n) is 2.55. The molecule has 0 unspecified atom stereocenters. The summed E-state index contributed by atoms with van der Waals surface area (Å²) in [4.78, 5) is 28.8. The van der Waals surface area contributed by atoms with Crippen LogP contribution in [0, 0.1) is 0 Å². The second-order valence-electron chi connectivity index (χ2n) is 7.14. The van der Waals surface area contributed by atoms with E-state index in [0.29, 0.717) is 22.1 Å². The minimum absolute atomic E-state index is 0.227. The molecular formula is C21H22ClN5O3. The van der Waals surface area contributed by atoms with Gasteiger partial charge in [-0.25, -0.2) is 9.67 Å². The Labute approximate surface area is 179 Å². The van der Waals surface area contributed by atoms with Crippen molar-refractivity contribution in [3.8, 4) is 5.75 Å². The van der Waals surface area contributed by atoms with E-state index >= 15 is 0 Å². The summed E-state index contributed by atoms with van der Waals surface area (Å²) in [5.41, 5.74) is 0.0743. The Kier molecular flexibility index (Phi) is 6.37. The predicted molar refractivity (Wildman–Crippen MR) is 115 cm³/mol. The zero-order chi connectivity index (χ0) is 21.7. The molecule has 0 aliphatic rings. The molecule has 0 saturated carbocycles. The summed E-state index contributed by atoms with van der Waals surface area (Å²) < 4.78 is 7.25. The Morgan fingerprint density at radius 3 is 2.20 bits per heavy atom. The number of carbonyl (C=O) groups is 2. The maximum absolute atomic E-state index is 12.6. The average molecular weight is 428 g/mol. The maximum atomic E-state index is 12.6. The second kappa shape index (κ2) is 8.96. The molecule has 2 N–H and O–H groups in total. The van der Waals surface area contributed by atoms with Crippen molar-refractivity contribution in [3.05, 3.63) is 66.2 Å². The number of amides is 2. The van der Waals surface area contributed by atoms with E-state index in [1.54, 1.807) is 69.3 Å². The molecule has 1 heterocycles. The first-order chi connectivity index (χ1) is 14.2. The average Bonchev–Trinajstić information content (AvgIpc) is 3.25. The van der Waals surface area contributed by atoms with Crippen LogP contribution in [0.3, 0.4) is 0 Å². The molecule has 1 atom stereocenters. The Bertz CT molecular complexity index is 1000. The van der Waals surface area contributed by atoms with Crippen LogP contribution in [-0.2, 0) is 9.59 Å². The maximum Gasteiger partial charge on any atom is 0.267 e. The first kappa shape index (κ1) is 21.3. The fourth-order valence-corrected chi connectivity index (χ4v) is 2.67. The third kappa shape index (κ3) is 5.36. The van der Waals surface area contributed by atoms with Gasteiger partial charge in [0.15, 0.2) is 5.60 Å². The fraction of sp³-hybridized carbons (Fsp3) is 0.238. The standard InChI is InChI=1S/C21H22ClN5O3/c1-14(27-13-23-12-24-27)19(28)25-16-6-8-17(9-7-16)26-20(29)21(2,3)30-18-10-4-15(22)5-11-18/h4-14H,1-3H3,(H,25,28)(H,26,29)/t14-/m0/s1. The predicted octanol–water partition coefficient (Wildman–Crippen LogP) is 3.93. The number of nitrogens with zero attached hydrogens (tertiary/aromatic N) is 3. The lowest BCUT2D eigenvalue weighted by atomic mass is 10.1. The molecule has 30 heavy (non-hydrogen) atoms. The molecule has 3 rings (SSSR count). The van der Waals surface area contributed by atoms with Gasteiger partial charge in [-0.3, -0.25) is 9.59 Å². The van der Waals surface area contributed by atoms with E-state index in [-0.39, 0.29) is 11.8 Å². The number of rotatable bonds is 7. The van der Waals surface area contributed by atoms with Crippen LogP contribution in [0.4, 0.5) is 11.4 Å². The van der Waals surface area contributed by atoms with Gasteiger partial charge >= 0.3 is 0 Å². The molecule has 0 radical (unpaired) electrons. The summed E-state index contributed by atoms with van der Waals surface area (Å²) in [5, 5.41) is 10.2. The van der Waals surface area contributed by atoms with Gasteiger partial charge in [0, 0.05) is 16.4 Å². The van der Waals surface area contributed by atoms with Crippen LogP contribution in [0.15, 0.2) is 61.2 Å². The van der Waals surface area contributed by atoms with E-state index < -0.39 is 11.6 Å². The molecule has 8 nitrogen and oxygen atoms in total. The molecule has 3 aromatic rings. The van der Waals surface area contributed by atoms with E-state index in [2.05, 4.69) is 20.7 Å². The van der Waals surface area contributed by atoms with E-state index in [4.69, 9.17) is 16.3 Å². The highest BCUT2D eigenvalue weighted by molar-refractivity contribution is 6.30. The molecule has 0 saturated heterocycles. The number of nitrogens with one attached hydrogen (secondary N) is 2. The highest BCUT2D eigenvalue weighted by Crippen LogP contribution is 2.23. The first-order valence-corrected chi connectivity index (χ1v) is 9.63. The third-order valence-corrected chi connectivity index (χ3v) is 4.61. The van der Waals surface area contributed by atoms with Crippen LogP contribution >= 0.6 is 11.6 Å². The minimum atomic E-state index is -1.10. The van der Waals surface area contributed by atoms with Gasteiger partial charge < -0.3 is 15.4 Å². The van der Waals surface area contributed by atoms with E-state index in [1.807, 2.05) is 0 Å². The molecule has 0 bridgehead atoms. The minimum Gasteiger partial charge on any atom is -0.478 e. The van der Waals surface area contributed by atoms with Crippen molar-refractivity contribution in [2.75, 3.05) is 10.6 Å². The van der Waals surface area contributed by atoms with Gasteiger partial charge in [0.25, 0.3) is 5.91 Å². The van der Waals surface area contributed by atoms with Crippen molar-refractivity contribution in [1.29, 1.82) is 0 Å². The lowest BCUT2D eigenvalue weighted by Gasteiger charge is -2.25. The molecule has 156 valence electrons. The lowest BCUT2D eigenvalue weighted by Crippen LogP contribution is -2.42. The SMILES string of the molecule is C[C@@H](C(=O)Nc1ccc(NC(=O)C(C)(C)Oc2ccc(Cl)cc2)cc1)n1cncn1. The van der Waals surface area contributed by atoms with Crippen molar-refractivity contribution < 1.29 is 14.3 Å². The highest BCUT2D eigenvalue weighted by Gasteiger charge is 2.30. The topological polar surface area (TPSA) is 98.1 Å². The van der Waals surface area contributed by atoms with Gasteiger partial charge in [0.1, 0.15) is 24.4 Å². The van der Waals surface area contributed by atoms with Crippen LogP contribution in [0.2, 0.25) is 5.02 Å². The highest BCUT2D eigenvalue weighted by atomic mass is 35.5. The molecule has 1 aromatic heterocycles. The summed E-state index contributed by atoms with van der Waals surface area (Å²) in [6.45, 7) is 5.08. The number of ether oxygens (including phenoxy) is 1. The van der Waals surface area contributed by atoms with Gasteiger partial charge in [-0.1, -0.05) is 11.6 Å². The molecular weight excluding hydrogens is 406 g/mol. The Balaban J connectivity index is 1.58. The van der Waals surface area contributed by atoms with Gasteiger partial charge in [0.2, 0.25) is 5.91 Å². The number of halogens is 1. The van der Waals surface area contributed by atoms with Crippen molar-refractivity contribution >= 4 is 34.8 Å². The smallest absolute Gasteiger partial charge is 0.267 e. The van der Waals surface area contributed by atoms with Crippen LogP contribution < -0.4 is 15.4 Å². The van der Waals surface area contributed by atoms with Crippen LogP contribution in [-0.4, -0.2) is 32.2 Å². The summed E-state index contributed by atoms with van der Waals surface area (Å²) in [5.74, 6) is 0.00272. The largest absolute Gasteiger partial charge is 0.478 e. The first-order valence-electron chi connectivity index (χ1n) is 9.26. The van der Waals surface area contributed by atoms with Gasteiger partial charge in [0.05, 0.1) is 0 Å². The summed E-state index contributed by atoms with van der Waals surface area (Å²) in [6, 6.07) is 13.1. The van der Waals surface area contributed by atoms with Crippen LogP contribution in [0.5, 0.6) is 5.75 Å². The van der Waals surface area contributed by atoms with Crippen molar-refractivity contribution in [1.82, 2.24) is 14.8 Å². The van der Waals surface area contributed by atoms with Crippen LogP contribution in [0.25, 0.3) is 0 Å². The zero-order valence-corrected chi connectivity index (χ0v) is 17.6. The number of anilines is 2. The normalized spacial score (nSPS) is 12.1. The summed E-state index contributed by atoms with van der Waals surface area (Å²) in [6.07, 6.45) is 2.86.